The number of benzene rings is 2. The molecule has 0 atom stereocenters. The Balaban J connectivity index is 3.25. The number of ketones is 1. The van der Waals surface area contributed by atoms with Crippen LogP contribution in [0.3, 0.4) is 0 Å². The normalized spacial score (nSPS) is 10.4. The summed E-state index contributed by atoms with van der Waals surface area (Å²) in [7, 11) is 0. The minimum atomic E-state index is -2.48. The number of carbonyl (C=O) groups excluding carboxylic acids is 1. The number of hydrogen-bond acceptors (Lipinski definition) is 10. The summed E-state index contributed by atoms with van der Waals surface area (Å²) in [5.74, 6) is -23.3. The standard InChI is InChI=1S/C23H12O19/c24-5(2-3-1-4(15(25)26)7(17(29)30)9(18(31)32)6(3)16(27)28)8-10(19(33)34)12(21(37)38)14(23(41)42)13(22(39)40)11(8)20(35)36/h1H,2H2,(H,25,26)(H,27,28)(H,29,30)(H,31,32)(H,33,34)(H,35,36)(H,37,38)(H,39,40)(H,41,42). The lowest BCUT2D eigenvalue weighted by molar-refractivity contribution is 0.0606. The third-order valence-corrected chi connectivity index (χ3v) is 5.48. The summed E-state index contributed by atoms with van der Waals surface area (Å²) in [5, 5.41) is 85.7. The third kappa shape index (κ3) is 5.27. The quantitative estimate of drug-likeness (QED) is 0.150. The van der Waals surface area contributed by atoms with Crippen molar-refractivity contribution in [3.05, 3.63) is 67.3 Å². The zero-order valence-corrected chi connectivity index (χ0v) is 19.9. The van der Waals surface area contributed by atoms with E-state index in [1.54, 1.807) is 0 Å². The summed E-state index contributed by atoms with van der Waals surface area (Å²) in [5.41, 5.74) is -18.5. The SMILES string of the molecule is O=C(O)c1cc(CC(=O)c2c(C(=O)O)c(C(=O)O)c(C(=O)O)c(C(=O)O)c2C(=O)O)c(C(=O)O)c(C(=O)O)c1C(=O)O. The molecule has 19 nitrogen and oxygen atoms in total. The Kier molecular flexibility index (Phi) is 8.43. The van der Waals surface area contributed by atoms with Gasteiger partial charge in [0.2, 0.25) is 0 Å². The Hall–Kier alpha value is -6.66. The average Bonchev–Trinajstić information content (AvgIpc) is 2.84. The van der Waals surface area contributed by atoms with Gasteiger partial charge in [-0.15, -0.1) is 0 Å². The van der Waals surface area contributed by atoms with Crippen LogP contribution in [0.5, 0.6) is 0 Å². The van der Waals surface area contributed by atoms with E-state index >= 15 is 0 Å². The first-order chi connectivity index (χ1) is 19.3. The van der Waals surface area contributed by atoms with Crippen molar-refractivity contribution in [1.82, 2.24) is 0 Å². The molecule has 0 heterocycles. The lowest BCUT2D eigenvalue weighted by atomic mass is 9.82. The van der Waals surface area contributed by atoms with Crippen molar-refractivity contribution < 1.29 is 93.9 Å². The molecule has 0 radical (unpaired) electrons. The number of aromatic carboxylic acids is 9. The number of carbonyl (C=O) groups is 10. The van der Waals surface area contributed by atoms with Crippen molar-refractivity contribution in [3.63, 3.8) is 0 Å². The maximum Gasteiger partial charge on any atom is 0.337 e. The number of rotatable bonds is 12. The molecule has 2 aromatic rings. The second-order valence-electron chi connectivity index (χ2n) is 7.80. The van der Waals surface area contributed by atoms with Gasteiger partial charge < -0.3 is 46.0 Å². The van der Waals surface area contributed by atoms with Gasteiger partial charge in [0, 0.05) is 12.0 Å². The predicted molar refractivity (Wildman–Crippen MR) is 124 cm³/mol. The zero-order valence-electron chi connectivity index (χ0n) is 19.9. The van der Waals surface area contributed by atoms with Crippen LogP contribution in [0, 0.1) is 0 Å². The van der Waals surface area contributed by atoms with Crippen LogP contribution in [-0.4, -0.2) is 105 Å². The van der Waals surface area contributed by atoms with Crippen molar-refractivity contribution in [1.29, 1.82) is 0 Å². The first-order valence-corrected chi connectivity index (χ1v) is 10.3. The van der Waals surface area contributed by atoms with Crippen molar-refractivity contribution in [3.8, 4) is 0 Å². The molecule has 0 saturated carbocycles. The van der Waals surface area contributed by atoms with Gasteiger partial charge in [-0.25, -0.2) is 43.2 Å². The van der Waals surface area contributed by atoms with E-state index in [0.717, 1.165) is 0 Å². The van der Waals surface area contributed by atoms with Gasteiger partial charge in [0.05, 0.1) is 50.1 Å². The summed E-state index contributed by atoms with van der Waals surface area (Å²) in [4.78, 5) is 120. The molecular weight excluding hydrogens is 580 g/mol. The van der Waals surface area contributed by atoms with Gasteiger partial charge in [-0.05, 0) is 11.6 Å². The molecule has 0 unspecified atom stereocenters. The second kappa shape index (κ2) is 11.2. The zero-order chi connectivity index (χ0) is 32.5. The van der Waals surface area contributed by atoms with E-state index in [4.69, 9.17) is 0 Å². The lowest BCUT2D eigenvalue weighted by Crippen LogP contribution is -2.29. The Morgan fingerprint density at radius 2 is 0.619 bits per heavy atom. The van der Waals surface area contributed by atoms with E-state index in [2.05, 4.69) is 0 Å². The van der Waals surface area contributed by atoms with Gasteiger partial charge in [0.25, 0.3) is 0 Å². The largest absolute Gasteiger partial charge is 0.478 e. The summed E-state index contributed by atoms with van der Waals surface area (Å²) in [6.45, 7) is 0. The van der Waals surface area contributed by atoms with E-state index in [1.165, 1.54) is 0 Å². The van der Waals surface area contributed by atoms with Crippen LogP contribution in [0.4, 0.5) is 0 Å². The molecule has 0 aliphatic rings. The van der Waals surface area contributed by atoms with Crippen LogP contribution in [0.25, 0.3) is 0 Å². The fraction of sp³-hybridized carbons (Fsp3) is 0.0435. The van der Waals surface area contributed by atoms with Gasteiger partial charge in [-0.3, -0.25) is 4.79 Å². The average molecular weight is 592 g/mol. The molecule has 0 saturated heterocycles. The molecule has 2 aromatic carbocycles. The number of Topliss-reactive ketones (excluding diaryl/α,β-unsaturated/α-hetero) is 1. The smallest absolute Gasteiger partial charge is 0.337 e. The van der Waals surface area contributed by atoms with E-state index < -0.39 is 127 Å². The van der Waals surface area contributed by atoms with Crippen molar-refractivity contribution in [2.45, 2.75) is 6.42 Å². The van der Waals surface area contributed by atoms with Crippen LogP contribution >= 0.6 is 0 Å². The molecule has 0 aromatic heterocycles. The Morgan fingerprint density at radius 1 is 0.357 bits per heavy atom. The summed E-state index contributed by atoms with van der Waals surface area (Å²) >= 11 is 0. The Morgan fingerprint density at radius 3 is 0.881 bits per heavy atom. The molecule has 0 spiro atoms. The maximum atomic E-state index is 13.4. The molecule has 2 rings (SSSR count). The van der Waals surface area contributed by atoms with Gasteiger partial charge >= 0.3 is 53.7 Å². The fourth-order valence-electron chi connectivity index (χ4n) is 4.09. The highest BCUT2D eigenvalue weighted by Crippen LogP contribution is 2.32. The second-order valence-corrected chi connectivity index (χ2v) is 7.80. The van der Waals surface area contributed by atoms with E-state index in [9.17, 15) is 93.9 Å². The molecule has 0 amide bonds. The molecule has 0 bridgehead atoms. The number of carboxylic acid groups (broad SMARTS) is 9. The minimum Gasteiger partial charge on any atom is -0.478 e. The Labute approximate surface area is 227 Å². The van der Waals surface area contributed by atoms with Crippen LogP contribution in [0.15, 0.2) is 6.07 Å². The van der Waals surface area contributed by atoms with Crippen LogP contribution in [-0.2, 0) is 6.42 Å². The molecule has 0 fully saturated rings. The molecule has 0 aliphatic carbocycles. The van der Waals surface area contributed by atoms with Crippen molar-refractivity contribution in [2.75, 3.05) is 0 Å². The van der Waals surface area contributed by atoms with E-state index in [-0.39, 0.29) is 6.07 Å². The first kappa shape index (κ1) is 31.6. The molecule has 19 heteroatoms. The highest BCUT2D eigenvalue weighted by atomic mass is 16.4. The Bertz CT molecular complexity index is 1650. The molecule has 218 valence electrons. The van der Waals surface area contributed by atoms with Gasteiger partial charge in [-0.1, -0.05) is 0 Å². The topological polar surface area (TPSA) is 353 Å². The van der Waals surface area contributed by atoms with Gasteiger partial charge in [0.15, 0.2) is 5.78 Å². The van der Waals surface area contributed by atoms with Crippen LogP contribution in [0.2, 0.25) is 0 Å². The monoisotopic (exact) mass is 592 g/mol. The molecule has 0 aliphatic heterocycles. The van der Waals surface area contributed by atoms with E-state index in [0.29, 0.717) is 0 Å². The van der Waals surface area contributed by atoms with Crippen LogP contribution in [0.1, 0.15) is 109 Å². The molecule has 9 N–H and O–H groups in total. The molecular formula is C23H12O19. The first-order valence-electron chi connectivity index (χ1n) is 10.3. The number of carboxylic acids is 9. The van der Waals surface area contributed by atoms with Crippen LogP contribution < -0.4 is 0 Å². The fourth-order valence-corrected chi connectivity index (χ4v) is 4.09. The summed E-state index contributed by atoms with van der Waals surface area (Å²) in [6.07, 6.45) is -1.69. The number of hydrogen-bond donors (Lipinski definition) is 9. The van der Waals surface area contributed by atoms with Gasteiger partial charge in [-0.2, -0.15) is 0 Å². The van der Waals surface area contributed by atoms with Crippen molar-refractivity contribution >= 4 is 59.5 Å². The highest BCUT2D eigenvalue weighted by molar-refractivity contribution is 6.24. The van der Waals surface area contributed by atoms with Crippen molar-refractivity contribution in [2.24, 2.45) is 0 Å². The summed E-state index contributed by atoms with van der Waals surface area (Å²) < 4.78 is 0. The minimum absolute atomic E-state index is 0.183. The third-order valence-electron chi connectivity index (χ3n) is 5.48. The summed E-state index contributed by atoms with van der Waals surface area (Å²) in [6, 6.07) is 0.183. The molecule has 42 heavy (non-hydrogen) atoms. The van der Waals surface area contributed by atoms with Gasteiger partial charge in [0.1, 0.15) is 0 Å². The highest BCUT2D eigenvalue weighted by Gasteiger charge is 2.41. The lowest BCUT2D eigenvalue weighted by Gasteiger charge is -2.19. The predicted octanol–water partition coefficient (Wildman–Crippen LogP) is 0.396. The van der Waals surface area contributed by atoms with E-state index in [1.807, 2.05) is 0 Å². The maximum absolute atomic E-state index is 13.4.